The first-order chi connectivity index (χ1) is 19.1. The van der Waals surface area contributed by atoms with Crippen molar-refractivity contribution in [1.29, 1.82) is 0 Å². The van der Waals surface area contributed by atoms with Crippen LogP contribution in [-0.2, 0) is 26.1 Å². The molecule has 0 radical (unpaired) electrons. The molecule has 4 aromatic rings. The van der Waals surface area contributed by atoms with Crippen LogP contribution in [0.2, 0.25) is 0 Å². The lowest BCUT2D eigenvalue weighted by molar-refractivity contribution is -0.159. The van der Waals surface area contributed by atoms with Crippen LogP contribution in [0.25, 0.3) is 0 Å². The van der Waals surface area contributed by atoms with E-state index >= 15 is 0 Å². The number of hydrogen-bond acceptors (Lipinski definition) is 9. The number of halogens is 2. The number of hydrogen-bond donors (Lipinski definition) is 2. The van der Waals surface area contributed by atoms with E-state index in [-0.39, 0.29) is 23.9 Å². The first kappa shape index (κ1) is 28.7. The van der Waals surface area contributed by atoms with E-state index in [1.165, 1.54) is 23.5 Å². The number of amides is 2. The number of aromatic nitrogens is 6. The number of carbonyl (C=O) groups is 2. The number of carbonyl (C=O) groups excluding carboxylic acids is 2. The summed E-state index contributed by atoms with van der Waals surface area (Å²) in [6, 6.07) is 9.91. The topological polar surface area (TPSA) is 137 Å². The summed E-state index contributed by atoms with van der Waals surface area (Å²) in [6.07, 6.45) is 2.16. The van der Waals surface area contributed by atoms with Gasteiger partial charge in [-0.1, -0.05) is 34.7 Å². The third-order valence-electron chi connectivity index (χ3n) is 5.53. The second kappa shape index (κ2) is 13.2. The highest BCUT2D eigenvalue weighted by atomic mass is 32.1. The summed E-state index contributed by atoms with van der Waals surface area (Å²) >= 11 is 1.26. The zero-order valence-electron chi connectivity index (χ0n) is 21.9. The molecular formula is C26H28F2N8O3S. The van der Waals surface area contributed by atoms with Crippen molar-refractivity contribution in [2.75, 3.05) is 0 Å². The molecule has 0 unspecified atom stereocenters. The number of benzene rings is 1. The van der Waals surface area contributed by atoms with Crippen molar-refractivity contribution >= 4 is 23.2 Å². The number of rotatable bonds is 13. The molecule has 0 atom stereocenters. The van der Waals surface area contributed by atoms with Crippen LogP contribution in [0.3, 0.4) is 0 Å². The van der Waals surface area contributed by atoms with Gasteiger partial charge in [-0.25, -0.2) is 0 Å². The summed E-state index contributed by atoms with van der Waals surface area (Å²) in [7, 11) is 0. The van der Waals surface area contributed by atoms with E-state index in [0.29, 0.717) is 37.0 Å². The molecule has 0 saturated heterocycles. The third-order valence-corrected chi connectivity index (χ3v) is 6.52. The maximum Gasteiger partial charge on any atom is 0.394 e. The van der Waals surface area contributed by atoms with E-state index in [9.17, 15) is 18.4 Å². The summed E-state index contributed by atoms with van der Waals surface area (Å²) in [4.78, 5) is 29.0. The zero-order valence-corrected chi connectivity index (χ0v) is 22.8. The fraction of sp³-hybridized carbons (Fsp3) is 0.346. The standard InChI is InChI=1S/C26H28F2N8O3S/c1-17-9-10-19(14-29-17)15-31-24(38)25-34-33-22(40-25)8-3-4-11-36-16-21(32-35-36)23(37)30-13-18-6-5-7-20(12-18)39-26(2,27)28/h5-7,9-10,12,14,16H,3-4,8,11,13,15H2,1-2H3,(H,30,37)(H,31,38). The second-order valence-corrected chi connectivity index (χ2v) is 10.1. The van der Waals surface area contributed by atoms with Crippen LogP contribution in [-0.4, -0.2) is 48.1 Å². The van der Waals surface area contributed by atoms with Crippen LogP contribution in [0, 0.1) is 6.92 Å². The lowest BCUT2D eigenvalue weighted by atomic mass is 10.2. The van der Waals surface area contributed by atoms with Crippen molar-refractivity contribution < 1.29 is 23.1 Å². The molecule has 2 N–H and O–H groups in total. The molecule has 0 aliphatic rings. The summed E-state index contributed by atoms with van der Waals surface area (Å²) in [5.74, 6) is -0.702. The number of alkyl halides is 2. The molecule has 0 saturated carbocycles. The van der Waals surface area contributed by atoms with Crippen molar-refractivity contribution in [2.45, 2.75) is 58.9 Å². The van der Waals surface area contributed by atoms with Crippen LogP contribution in [0.1, 0.15) is 61.9 Å². The molecule has 40 heavy (non-hydrogen) atoms. The fourth-order valence-electron chi connectivity index (χ4n) is 3.57. The van der Waals surface area contributed by atoms with Gasteiger partial charge in [0.1, 0.15) is 10.8 Å². The molecule has 0 aliphatic carbocycles. The predicted octanol–water partition coefficient (Wildman–Crippen LogP) is 3.71. The Bertz CT molecular complexity index is 1440. The van der Waals surface area contributed by atoms with Gasteiger partial charge in [0.15, 0.2) is 5.69 Å². The normalized spacial score (nSPS) is 11.3. The number of pyridine rings is 1. The minimum atomic E-state index is -3.29. The molecule has 11 nitrogen and oxygen atoms in total. The van der Waals surface area contributed by atoms with Gasteiger partial charge < -0.3 is 15.4 Å². The average Bonchev–Trinajstić information content (AvgIpc) is 3.59. The Kier molecular flexibility index (Phi) is 9.43. The van der Waals surface area contributed by atoms with Gasteiger partial charge in [-0.3, -0.25) is 19.3 Å². The minimum Gasteiger partial charge on any atom is -0.433 e. The minimum absolute atomic E-state index is 0.00842. The van der Waals surface area contributed by atoms with Gasteiger partial charge in [-0.2, -0.15) is 8.78 Å². The van der Waals surface area contributed by atoms with Crippen LogP contribution in [0.5, 0.6) is 5.75 Å². The molecule has 3 aromatic heterocycles. The Morgan fingerprint density at radius 2 is 1.82 bits per heavy atom. The zero-order chi connectivity index (χ0) is 28.5. The van der Waals surface area contributed by atoms with Gasteiger partial charge in [-0.15, -0.1) is 15.3 Å². The van der Waals surface area contributed by atoms with Gasteiger partial charge in [-0.05, 0) is 49.1 Å². The van der Waals surface area contributed by atoms with Crippen LogP contribution >= 0.6 is 11.3 Å². The maximum absolute atomic E-state index is 13.1. The van der Waals surface area contributed by atoms with Gasteiger partial charge >= 0.3 is 6.11 Å². The molecule has 1 aromatic carbocycles. The number of unbranched alkanes of at least 4 members (excludes halogenated alkanes) is 1. The summed E-state index contributed by atoms with van der Waals surface area (Å²) < 4.78 is 32.2. The fourth-order valence-corrected chi connectivity index (χ4v) is 4.37. The smallest absolute Gasteiger partial charge is 0.394 e. The molecule has 0 aliphatic heterocycles. The maximum atomic E-state index is 13.1. The van der Waals surface area contributed by atoms with Gasteiger partial charge in [0.25, 0.3) is 11.8 Å². The molecule has 4 rings (SSSR count). The largest absolute Gasteiger partial charge is 0.433 e. The monoisotopic (exact) mass is 570 g/mol. The molecule has 0 fully saturated rings. The van der Waals surface area contributed by atoms with Gasteiger partial charge in [0.05, 0.1) is 6.20 Å². The Morgan fingerprint density at radius 1 is 1.02 bits per heavy atom. The van der Waals surface area contributed by atoms with Crippen LogP contribution < -0.4 is 15.4 Å². The van der Waals surface area contributed by atoms with E-state index < -0.39 is 12.0 Å². The Balaban J connectivity index is 1.16. The van der Waals surface area contributed by atoms with Crippen molar-refractivity contribution in [2.24, 2.45) is 0 Å². The van der Waals surface area contributed by atoms with E-state index in [0.717, 1.165) is 29.1 Å². The van der Waals surface area contributed by atoms with Gasteiger partial charge in [0, 0.05) is 44.9 Å². The van der Waals surface area contributed by atoms with Crippen molar-refractivity contribution in [3.8, 4) is 5.75 Å². The highest BCUT2D eigenvalue weighted by molar-refractivity contribution is 7.13. The predicted molar refractivity (Wildman–Crippen MR) is 142 cm³/mol. The van der Waals surface area contributed by atoms with E-state index in [4.69, 9.17) is 0 Å². The number of nitrogens with zero attached hydrogens (tertiary/aromatic N) is 6. The summed E-state index contributed by atoms with van der Waals surface area (Å²) in [6.45, 7) is 3.58. The SMILES string of the molecule is Cc1ccc(CNC(=O)c2nnc(CCCCn3cc(C(=O)NCc4cccc(OC(C)(F)F)c4)nn3)s2)cn1. The summed E-state index contributed by atoms with van der Waals surface area (Å²) in [5, 5.41) is 22.6. The first-order valence-electron chi connectivity index (χ1n) is 12.5. The number of nitrogens with one attached hydrogen (secondary N) is 2. The Morgan fingerprint density at radius 3 is 2.60 bits per heavy atom. The van der Waals surface area contributed by atoms with Crippen molar-refractivity contribution in [1.82, 2.24) is 40.8 Å². The van der Waals surface area contributed by atoms with Gasteiger partial charge in [0.2, 0.25) is 5.01 Å². The first-order valence-corrected chi connectivity index (χ1v) is 13.3. The Hall–Kier alpha value is -4.33. The molecule has 2 amide bonds. The molecule has 0 bridgehead atoms. The van der Waals surface area contributed by atoms with Crippen molar-refractivity contribution in [3.63, 3.8) is 0 Å². The number of ether oxygens (including phenoxy) is 1. The molecule has 210 valence electrons. The quantitative estimate of drug-likeness (QED) is 0.232. The lowest BCUT2D eigenvalue weighted by Gasteiger charge is -2.13. The second-order valence-electron chi connectivity index (χ2n) is 9.06. The molecule has 3 heterocycles. The highest BCUT2D eigenvalue weighted by Gasteiger charge is 2.23. The van der Waals surface area contributed by atoms with E-state index in [1.54, 1.807) is 29.2 Å². The van der Waals surface area contributed by atoms with Crippen LogP contribution in [0.4, 0.5) is 8.78 Å². The van der Waals surface area contributed by atoms with Crippen LogP contribution in [0.15, 0.2) is 48.8 Å². The van der Waals surface area contributed by atoms with E-state index in [1.807, 2.05) is 19.1 Å². The average molecular weight is 571 g/mol. The third kappa shape index (κ3) is 8.86. The molecule has 14 heteroatoms. The Labute approximate surface area is 233 Å². The van der Waals surface area contributed by atoms with E-state index in [2.05, 4.69) is 40.9 Å². The van der Waals surface area contributed by atoms with Crippen molar-refractivity contribution in [3.05, 3.63) is 81.3 Å². The number of aryl methyl sites for hydroxylation is 3. The molecule has 0 spiro atoms. The lowest BCUT2D eigenvalue weighted by Crippen LogP contribution is -2.23. The molecular weight excluding hydrogens is 542 g/mol. The summed E-state index contributed by atoms with van der Waals surface area (Å²) in [5.41, 5.74) is 2.56. The highest BCUT2D eigenvalue weighted by Crippen LogP contribution is 2.22.